The molecule has 0 spiro atoms. The van der Waals surface area contributed by atoms with Crippen molar-refractivity contribution >= 4 is 23.9 Å². The van der Waals surface area contributed by atoms with Crippen molar-refractivity contribution in [3.63, 3.8) is 0 Å². The molecule has 162 valence electrons. The van der Waals surface area contributed by atoms with Crippen LogP contribution < -0.4 is 0 Å². The van der Waals surface area contributed by atoms with Crippen LogP contribution in [0.1, 0.15) is 33.4 Å². The van der Waals surface area contributed by atoms with Crippen LogP contribution in [0.15, 0.2) is 36.4 Å². The first-order valence-electron chi connectivity index (χ1n) is 8.93. The van der Waals surface area contributed by atoms with Gasteiger partial charge in [-0.1, -0.05) is 35.5 Å². The van der Waals surface area contributed by atoms with Gasteiger partial charge in [0.15, 0.2) is 0 Å². The Morgan fingerprint density at radius 2 is 0.559 bits per heavy atom. The standard InChI is InChI=1S/C26H10O8/c27-23(28)7-3-19-11-17(12-20(15-19)4-8-24(29)30)1-2-18-13-21(5-9-25(31)32)16-22(14-18)6-10-26(33)34/h11-16H,(H,27,28)(H,29,30)(H,31,32)(H,33,34). The molecule has 0 saturated carbocycles. The zero-order valence-electron chi connectivity index (χ0n) is 16.9. The van der Waals surface area contributed by atoms with Crippen molar-refractivity contribution in [2.75, 3.05) is 0 Å². The predicted molar refractivity (Wildman–Crippen MR) is 117 cm³/mol. The predicted octanol–water partition coefficient (Wildman–Crippen LogP) is 0.831. The van der Waals surface area contributed by atoms with Crippen LogP contribution in [0.4, 0.5) is 0 Å². The molecule has 0 aliphatic rings. The summed E-state index contributed by atoms with van der Waals surface area (Å²) in [4.78, 5) is 42.9. The average molecular weight is 450 g/mol. The number of hydrogen-bond donors (Lipinski definition) is 4. The summed E-state index contributed by atoms with van der Waals surface area (Å²) in [6, 6.07) is 8.67. The minimum atomic E-state index is -1.36. The molecule has 0 aliphatic heterocycles. The zero-order valence-corrected chi connectivity index (χ0v) is 16.9. The SMILES string of the molecule is O=C(O)C#Cc1cc(C#CC(=O)O)cc(C#Cc2cc(C#CC(=O)O)cc(C#CC(=O)O)c2)c1. The van der Waals surface area contributed by atoms with Gasteiger partial charge in [0.05, 0.1) is 0 Å². The van der Waals surface area contributed by atoms with Crippen LogP contribution in [-0.2, 0) is 19.2 Å². The third-order valence-corrected chi connectivity index (χ3v) is 3.47. The summed E-state index contributed by atoms with van der Waals surface area (Å²) in [6.45, 7) is 0. The van der Waals surface area contributed by atoms with E-state index in [2.05, 4.69) is 35.5 Å². The minimum absolute atomic E-state index is 0.234. The Hall–Kier alpha value is -5.88. The van der Waals surface area contributed by atoms with Crippen molar-refractivity contribution in [2.45, 2.75) is 0 Å². The molecule has 8 nitrogen and oxygen atoms in total. The molecular formula is C26H10O8. The topological polar surface area (TPSA) is 149 Å². The van der Waals surface area contributed by atoms with Crippen molar-refractivity contribution in [1.29, 1.82) is 0 Å². The molecule has 2 aromatic carbocycles. The van der Waals surface area contributed by atoms with Crippen LogP contribution in [0, 0.1) is 59.2 Å². The van der Waals surface area contributed by atoms with Gasteiger partial charge in [0.1, 0.15) is 0 Å². The van der Waals surface area contributed by atoms with E-state index in [1.54, 1.807) is 0 Å². The first kappa shape index (κ1) is 24.4. The Bertz CT molecular complexity index is 1320. The second kappa shape index (κ2) is 11.5. The number of hydrogen-bond acceptors (Lipinski definition) is 4. The Kier molecular flexibility index (Phi) is 8.25. The lowest BCUT2D eigenvalue weighted by Gasteiger charge is -1.98. The molecule has 2 rings (SSSR count). The number of carboxylic acid groups (broad SMARTS) is 4. The Morgan fingerprint density at radius 3 is 0.735 bits per heavy atom. The van der Waals surface area contributed by atoms with E-state index in [4.69, 9.17) is 20.4 Å². The number of benzene rings is 2. The van der Waals surface area contributed by atoms with Crippen LogP contribution in [-0.4, -0.2) is 44.3 Å². The molecule has 2 aromatic rings. The highest BCUT2D eigenvalue weighted by atomic mass is 16.4. The Labute approximate surface area is 192 Å². The average Bonchev–Trinajstić information content (AvgIpc) is 2.77. The van der Waals surface area contributed by atoms with Gasteiger partial charge in [-0.3, -0.25) is 0 Å². The van der Waals surface area contributed by atoms with Crippen LogP contribution in [0.25, 0.3) is 0 Å². The summed E-state index contributed by atoms with van der Waals surface area (Å²) in [5.74, 6) is 17.5. The van der Waals surface area contributed by atoms with E-state index in [0.717, 1.165) is 0 Å². The first-order valence-corrected chi connectivity index (χ1v) is 8.93. The lowest BCUT2D eigenvalue weighted by atomic mass is 10.0. The van der Waals surface area contributed by atoms with E-state index in [0.29, 0.717) is 11.1 Å². The molecule has 0 aromatic heterocycles. The highest BCUT2D eigenvalue weighted by molar-refractivity contribution is 5.89. The van der Waals surface area contributed by atoms with E-state index in [9.17, 15) is 19.2 Å². The van der Waals surface area contributed by atoms with E-state index in [1.807, 2.05) is 23.7 Å². The van der Waals surface area contributed by atoms with Gasteiger partial charge in [-0.15, -0.1) is 0 Å². The fraction of sp³-hybridized carbons (Fsp3) is 0. The van der Waals surface area contributed by atoms with E-state index in [-0.39, 0.29) is 22.3 Å². The molecular weight excluding hydrogens is 440 g/mol. The minimum Gasteiger partial charge on any atom is -0.472 e. The largest absolute Gasteiger partial charge is 0.472 e. The second-order valence-corrected chi connectivity index (χ2v) is 6.07. The lowest BCUT2D eigenvalue weighted by molar-refractivity contribution is -0.131. The molecule has 8 heteroatoms. The molecule has 0 radical (unpaired) electrons. The second-order valence-electron chi connectivity index (χ2n) is 6.07. The fourth-order valence-electron chi connectivity index (χ4n) is 2.34. The smallest absolute Gasteiger partial charge is 0.382 e. The molecule has 34 heavy (non-hydrogen) atoms. The molecule has 0 unspecified atom stereocenters. The normalized spacial score (nSPS) is 8.35. The van der Waals surface area contributed by atoms with Crippen molar-refractivity contribution in [1.82, 2.24) is 0 Å². The number of carbonyl (C=O) groups is 4. The summed E-state index contributed by atoms with van der Waals surface area (Å²) < 4.78 is 0. The van der Waals surface area contributed by atoms with Crippen LogP contribution in [0.5, 0.6) is 0 Å². The molecule has 0 amide bonds. The molecule has 0 atom stereocenters. The molecule has 0 heterocycles. The first-order chi connectivity index (χ1) is 16.1. The molecule has 0 bridgehead atoms. The zero-order chi connectivity index (χ0) is 25.1. The lowest BCUT2D eigenvalue weighted by Crippen LogP contribution is -1.91. The molecule has 0 aliphatic carbocycles. The van der Waals surface area contributed by atoms with Gasteiger partial charge < -0.3 is 20.4 Å². The summed E-state index contributed by atoms with van der Waals surface area (Å²) in [6.07, 6.45) is 0. The maximum Gasteiger partial charge on any atom is 0.382 e. The summed E-state index contributed by atoms with van der Waals surface area (Å²) in [7, 11) is 0. The van der Waals surface area contributed by atoms with Crippen molar-refractivity contribution in [3.05, 3.63) is 69.8 Å². The van der Waals surface area contributed by atoms with E-state index in [1.165, 1.54) is 36.4 Å². The monoisotopic (exact) mass is 450 g/mol. The Morgan fingerprint density at radius 1 is 0.382 bits per heavy atom. The molecule has 0 fully saturated rings. The van der Waals surface area contributed by atoms with Crippen molar-refractivity contribution in [3.8, 4) is 59.2 Å². The highest BCUT2D eigenvalue weighted by Gasteiger charge is 2.00. The van der Waals surface area contributed by atoms with E-state index >= 15 is 0 Å². The van der Waals surface area contributed by atoms with E-state index < -0.39 is 23.9 Å². The number of rotatable bonds is 0. The Balaban J connectivity index is 2.60. The van der Waals surface area contributed by atoms with Gasteiger partial charge in [0.2, 0.25) is 0 Å². The summed E-state index contributed by atoms with van der Waals surface area (Å²) in [5, 5.41) is 35.0. The third-order valence-electron chi connectivity index (χ3n) is 3.47. The van der Waals surface area contributed by atoms with Crippen LogP contribution in [0.2, 0.25) is 0 Å². The van der Waals surface area contributed by atoms with Gasteiger partial charge in [0, 0.05) is 57.1 Å². The number of carboxylic acids is 4. The number of aliphatic carboxylic acids is 4. The third kappa shape index (κ3) is 8.86. The van der Waals surface area contributed by atoms with Gasteiger partial charge in [-0.05, 0) is 36.4 Å². The van der Waals surface area contributed by atoms with Crippen LogP contribution >= 0.6 is 0 Å². The summed E-state index contributed by atoms with van der Waals surface area (Å²) >= 11 is 0. The highest BCUT2D eigenvalue weighted by Crippen LogP contribution is 2.11. The van der Waals surface area contributed by atoms with Crippen LogP contribution in [0.3, 0.4) is 0 Å². The quantitative estimate of drug-likeness (QED) is 0.431. The molecule has 0 saturated heterocycles. The maximum atomic E-state index is 10.7. The van der Waals surface area contributed by atoms with Gasteiger partial charge >= 0.3 is 23.9 Å². The fourth-order valence-corrected chi connectivity index (χ4v) is 2.34. The summed E-state index contributed by atoms with van der Waals surface area (Å²) in [5.41, 5.74) is 1.59. The maximum absolute atomic E-state index is 10.7. The van der Waals surface area contributed by atoms with Crippen molar-refractivity contribution in [2.24, 2.45) is 0 Å². The van der Waals surface area contributed by atoms with Crippen molar-refractivity contribution < 1.29 is 39.6 Å². The van der Waals surface area contributed by atoms with Gasteiger partial charge in [0.25, 0.3) is 0 Å². The van der Waals surface area contributed by atoms with Gasteiger partial charge in [-0.2, -0.15) is 0 Å². The molecule has 4 N–H and O–H groups in total. The van der Waals surface area contributed by atoms with Gasteiger partial charge in [-0.25, -0.2) is 19.2 Å².